The van der Waals surface area contributed by atoms with Crippen LogP contribution in [0.5, 0.6) is 0 Å². The molecule has 2 aliphatic heterocycles. The van der Waals surface area contributed by atoms with Crippen molar-refractivity contribution in [1.29, 1.82) is 0 Å². The lowest BCUT2D eigenvalue weighted by molar-refractivity contribution is -0.188. The van der Waals surface area contributed by atoms with Crippen LogP contribution in [-0.4, -0.2) is 71.0 Å². The van der Waals surface area contributed by atoms with Gasteiger partial charge in [-0.3, -0.25) is 4.89 Å². The summed E-state index contributed by atoms with van der Waals surface area (Å²) in [7, 11) is -3.83. The van der Waals surface area contributed by atoms with E-state index < -0.39 is 26.9 Å². The summed E-state index contributed by atoms with van der Waals surface area (Å²) in [6, 6.07) is -0.292. The smallest absolute Gasteiger partial charge is 0.349 e. The third-order valence-corrected chi connectivity index (χ3v) is 7.32. The highest BCUT2D eigenvalue weighted by Crippen LogP contribution is 2.41. The van der Waals surface area contributed by atoms with Gasteiger partial charge in [0.05, 0.1) is 16.8 Å². The number of sulfone groups is 1. The van der Waals surface area contributed by atoms with Crippen molar-refractivity contribution in [2.75, 3.05) is 30.3 Å². The van der Waals surface area contributed by atoms with Gasteiger partial charge in [0, 0.05) is 31.6 Å². The van der Waals surface area contributed by atoms with Crippen LogP contribution in [0.4, 0.5) is 15.0 Å². The maximum atomic E-state index is 14.9. The Morgan fingerprint density at radius 3 is 2.73 bits per heavy atom. The SMILES string of the molecule is CCS(=O)(=O)c1nc2c3c(nc(Cl)c(F)c3n1)[C@H](C)C[C@@H]1CN(C(=O)OO)CCN21. The van der Waals surface area contributed by atoms with E-state index in [4.69, 9.17) is 16.9 Å². The maximum Gasteiger partial charge on any atom is 0.441 e. The minimum atomic E-state index is -3.83. The number of nitrogens with zero attached hydrogens (tertiary/aromatic N) is 5. The fourth-order valence-electron chi connectivity index (χ4n) is 4.04. The number of hydrogen-bond acceptors (Lipinski definition) is 9. The van der Waals surface area contributed by atoms with Crippen molar-refractivity contribution >= 4 is 44.3 Å². The van der Waals surface area contributed by atoms with Crippen molar-refractivity contribution in [1.82, 2.24) is 19.9 Å². The standard InChI is InChI=1S/C17H19ClFN5O5S/c1-3-30(27,28)16-21-13-10-12(20-14(18)11(13)19)8(2)6-9-7-23(17(25)29-26)4-5-24(9)15(10)22-16/h8-9,26H,3-7H2,1-2H3/t8-,9-/m1/s1. The molecule has 1 N–H and O–H groups in total. The average molecular weight is 460 g/mol. The number of fused-ring (bicyclic) bond motifs is 2. The monoisotopic (exact) mass is 459 g/mol. The molecule has 162 valence electrons. The van der Waals surface area contributed by atoms with Gasteiger partial charge in [0.15, 0.2) is 11.0 Å². The van der Waals surface area contributed by atoms with Crippen molar-refractivity contribution in [2.45, 2.75) is 37.4 Å². The second-order valence-electron chi connectivity index (χ2n) is 7.35. The predicted octanol–water partition coefficient (Wildman–Crippen LogP) is 2.22. The van der Waals surface area contributed by atoms with Crippen LogP contribution < -0.4 is 4.90 Å². The molecule has 2 aliphatic rings. The first-order chi connectivity index (χ1) is 14.2. The number of piperazine rings is 1. The Bertz CT molecular complexity index is 1150. The number of carbonyl (C=O) groups excluding carboxylic acids is 1. The number of pyridine rings is 1. The molecular formula is C17H19ClFN5O5S. The lowest BCUT2D eigenvalue weighted by atomic mass is 9.96. The van der Waals surface area contributed by atoms with Gasteiger partial charge >= 0.3 is 6.09 Å². The molecule has 10 nitrogen and oxygen atoms in total. The molecule has 4 heterocycles. The summed E-state index contributed by atoms with van der Waals surface area (Å²) in [6.07, 6.45) is -0.371. The van der Waals surface area contributed by atoms with Crippen LogP contribution in [0, 0.1) is 5.82 Å². The fourth-order valence-corrected chi connectivity index (χ4v) is 4.94. The van der Waals surface area contributed by atoms with Crippen LogP contribution in [0.1, 0.15) is 31.9 Å². The molecule has 13 heteroatoms. The highest BCUT2D eigenvalue weighted by atomic mass is 35.5. The average Bonchev–Trinajstić information content (AvgIpc) is 2.85. The van der Waals surface area contributed by atoms with E-state index >= 15 is 0 Å². The topological polar surface area (TPSA) is 126 Å². The maximum absolute atomic E-state index is 14.9. The van der Waals surface area contributed by atoms with Gasteiger partial charge in [-0.2, -0.15) is 5.26 Å². The largest absolute Gasteiger partial charge is 0.441 e. The van der Waals surface area contributed by atoms with Crippen LogP contribution in [0.3, 0.4) is 0 Å². The normalized spacial score (nSPS) is 21.4. The molecule has 2 aromatic heterocycles. The van der Waals surface area contributed by atoms with E-state index in [9.17, 15) is 17.6 Å². The molecule has 2 aromatic rings. The highest BCUT2D eigenvalue weighted by molar-refractivity contribution is 7.91. The lowest BCUT2D eigenvalue weighted by Crippen LogP contribution is -2.55. The molecule has 1 fully saturated rings. The van der Waals surface area contributed by atoms with Gasteiger partial charge in [-0.05, 0) is 6.42 Å². The fraction of sp³-hybridized carbons (Fsp3) is 0.529. The van der Waals surface area contributed by atoms with Crippen molar-refractivity contribution in [3.05, 3.63) is 16.7 Å². The van der Waals surface area contributed by atoms with Gasteiger partial charge in [0.25, 0.3) is 0 Å². The molecule has 2 atom stereocenters. The van der Waals surface area contributed by atoms with Crippen LogP contribution in [-0.2, 0) is 14.7 Å². The third-order valence-electron chi connectivity index (χ3n) is 5.57. The zero-order valence-corrected chi connectivity index (χ0v) is 17.7. The molecule has 4 rings (SSSR count). The van der Waals surface area contributed by atoms with Crippen LogP contribution in [0.25, 0.3) is 10.9 Å². The lowest BCUT2D eigenvalue weighted by Gasteiger charge is -2.41. The minimum Gasteiger partial charge on any atom is -0.349 e. The molecule has 0 aliphatic carbocycles. The Labute approximate surface area is 176 Å². The van der Waals surface area contributed by atoms with E-state index in [0.29, 0.717) is 17.5 Å². The van der Waals surface area contributed by atoms with E-state index in [1.54, 1.807) is 0 Å². The van der Waals surface area contributed by atoms with Gasteiger partial charge in [-0.15, -0.1) is 0 Å². The summed E-state index contributed by atoms with van der Waals surface area (Å²) in [5.74, 6) is -1.11. The predicted molar refractivity (Wildman–Crippen MR) is 105 cm³/mol. The quantitative estimate of drug-likeness (QED) is 0.311. The van der Waals surface area contributed by atoms with Crippen molar-refractivity contribution in [3.63, 3.8) is 0 Å². The first-order valence-electron chi connectivity index (χ1n) is 9.34. The summed E-state index contributed by atoms with van der Waals surface area (Å²) in [5, 5.41) is 8.16. The highest BCUT2D eigenvalue weighted by Gasteiger charge is 2.38. The summed E-state index contributed by atoms with van der Waals surface area (Å²) >= 11 is 6.00. The zero-order valence-electron chi connectivity index (χ0n) is 16.2. The van der Waals surface area contributed by atoms with Crippen molar-refractivity contribution < 1.29 is 27.7 Å². The Morgan fingerprint density at radius 2 is 2.07 bits per heavy atom. The number of rotatable bonds is 2. The Morgan fingerprint density at radius 1 is 1.33 bits per heavy atom. The number of anilines is 1. The summed E-state index contributed by atoms with van der Waals surface area (Å²) in [4.78, 5) is 31.3. The molecule has 0 spiro atoms. The minimum absolute atomic E-state index is 0.188. The molecule has 0 saturated carbocycles. The van der Waals surface area contributed by atoms with E-state index in [2.05, 4.69) is 19.8 Å². The van der Waals surface area contributed by atoms with Crippen LogP contribution in [0.2, 0.25) is 5.15 Å². The van der Waals surface area contributed by atoms with Gasteiger partial charge < -0.3 is 9.80 Å². The Hall–Kier alpha value is -2.31. The second kappa shape index (κ2) is 7.43. The molecule has 1 saturated heterocycles. The molecule has 1 amide bonds. The van der Waals surface area contributed by atoms with Crippen LogP contribution in [0.15, 0.2) is 5.16 Å². The number of aromatic nitrogens is 3. The summed E-state index contributed by atoms with van der Waals surface area (Å²) in [6.45, 7) is 4.00. The van der Waals surface area contributed by atoms with Crippen molar-refractivity contribution in [3.8, 4) is 0 Å². The summed E-state index contributed by atoms with van der Waals surface area (Å²) in [5.41, 5.74) is 0.282. The van der Waals surface area contributed by atoms with E-state index in [-0.39, 0.29) is 53.8 Å². The third kappa shape index (κ3) is 3.22. The Kier molecular flexibility index (Phi) is 5.19. The molecule has 0 aromatic carbocycles. The number of amides is 1. The van der Waals surface area contributed by atoms with Gasteiger partial charge in [-0.25, -0.2) is 32.6 Å². The Balaban J connectivity index is 1.97. The molecule has 0 bridgehead atoms. The van der Waals surface area contributed by atoms with Gasteiger partial charge in [-0.1, -0.05) is 25.4 Å². The van der Waals surface area contributed by atoms with Gasteiger partial charge in [0.2, 0.25) is 15.0 Å². The van der Waals surface area contributed by atoms with E-state index in [1.165, 1.54) is 11.8 Å². The number of carbonyl (C=O) groups is 1. The van der Waals surface area contributed by atoms with Crippen molar-refractivity contribution in [2.24, 2.45) is 0 Å². The van der Waals surface area contributed by atoms with E-state index in [1.807, 2.05) is 11.8 Å². The molecule has 0 radical (unpaired) electrons. The molecular weight excluding hydrogens is 441 g/mol. The van der Waals surface area contributed by atoms with Crippen LogP contribution >= 0.6 is 11.6 Å². The first-order valence-corrected chi connectivity index (χ1v) is 11.4. The zero-order chi connectivity index (χ0) is 21.8. The van der Waals surface area contributed by atoms with E-state index in [0.717, 1.165) is 0 Å². The van der Waals surface area contributed by atoms with Gasteiger partial charge in [0.1, 0.15) is 11.3 Å². The molecule has 30 heavy (non-hydrogen) atoms. The molecule has 0 unspecified atom stereocenters. The second-order valence-corrected chi connectivity index (χ2v) is 9.88. The first kappa shape index (κ1) is 20.9. The number of hydrogen-bond donors (Lipinski definition) is 1. The number of halogens is 2. The summed E-state index contributed by atoms with van der Waals surface area (Å²) < 4.78 is 39.9.